The second-order valence-electron chi connectivity index (χ2n) is 4.23. The van der Waals surface area contributed by atoms with E-state index >= 15 is 0 Å². The number of rotatable bonds is 4. The van der Waals surface area contributed by atoms with Gasteiger partial charge in [-0.2, -0.15) is 8.42 Å². The van der Waals surface area contributed by atoms with Crippen molar-refractivity contribution in [1.29, 1.82) is 0 Å². The minimum atomic E-state index is -4.02. The van der Waals surface area contributed by atoms with Crippen molar-refractivity contribution >= 4 is 27.7 Å². The molecule has 0 bridgehead atoms. The number of hydrogen-bond donors (Lipinski definition) is 3. The third kappa shape index (κ3) is 5.04. The van der Waals surface area contributed by atoms with Crippen molar-refractivity contribution in [2.75, 3.05) is 10.5 Å². The Morgan fingerprint density at radius 1 is 1.37 bits per heavy atom. The lowest BCUT2D eigenvalue weighted by atomic mass is 10.2. The van der Waals surface area contributed by atoms with Gasteiger partial charge in [0.15, 0.2) is 0 Å². The molecule has 8 heteroatoms. The fourth-order valence-corrected chi connectivity index (χ4v) is 2.02. The molecular weight excluding hydrogens is 270 g/mol. The second kappa shape index (κ2) is 5.79. The summed E-state index contributed by atoms with van der Waals surface area (Å²) >= 11 is 0. The Bertz CT molecular complexity index is 569. The van der Waals surface area contributed by atoms with Crippen LogP contribution in [0.5, 0.6) is 0 Å². The number of benzene rings is 1. The molecular formula is C11H17N3O4S. The minimum absolute atomic E-state index is 0.302. The van der Waals surface area contributed by atoms with E-state index in [1.54, 1.807) is 37.6 Å². The van der Waals surface area contributed by atoms with Gasteiger partial charge in [0.05, 0.1) is 11.8 Å². The number of aryl methyl sites for hydroxylation is 1. The monoisotopic (exact) mass is 287 g/mol. The van der Waals surface area contributed by atoms with E-state index in [1.165, 1.54) is 6.07 Å². The third-order valence-electron chi connectivity index (χ3n) is 2.08. The summed E-state index contributed by atoms with van der Waals surface area (Å²) in [4.78, 5) is 11.2. The lowest BCUT2D eigenvalue weighted by molar-refractivity contribution is 0.121. The van der Waals surface area contributed by atoms with E-state index in [1.807, 2.05) is 0 Å². The largest absolute Gasteiger partial charge is 0.446 e. The molecule has 0 fully saturated rings. The van der Waals surface area contributed by atoms with Crippen LogP contribution in [0.15, 0.2) is 18.2 Å². The quantitative estimate of drug-likeness (QED) is 0.724. The fraction of sp³-hybridized carbons (Fsp3) is 0.364. The van der Waals surface area contributed by atoms with Crippen molar-refractivity contribution in [3.63, 3.8) is 0 Å². The van der Waals surface area contributed by atoms with Crippen LogP contribution in [0.1, 0.15) is 19.4 Å². The van der Waals surface area contributed by atoms with Gasteiger partial charge in [0.2, 0.25) is 0 Å². The molecule has 0 aliphatic heterocycles. The summed E-state index contributed by atoms with van der Waals surface area (Å²) in [5, 5.41) is 0. The standard InChI is InChI=1S/C11H17N3O4S/c1-7(2)18-11(15)14-19(16,17)13-9-4-5-10(12)8(3)6-9/h4-7,13H,12H2,1-3H3,(H,14,15). The third-order valence-corrected chi connectivity index (χ3v) is 3.02. The number of carbonyl (C=O) groups is 1. The molecule has 1 rings (SSSR count). The number of anilines is 2. The van der Waals surface area contributed by atoms with E-state index in [0.29, 0.717) is 11.4 Å². The molecule has 1 amide bonds. The predicted octanol–water partition coefficient (Wildman–Crippen LogP) is 1.37. The van der Waals surface area contributed by atoms with Crippen molar-refractivity contribution in [2.24, 2.45) is 0 Å². The van der Waals surface area contributed by atoms with Crippen LogP contribution in [0.3, 0.4) is 0 Å². The Hall–Kier alpha value is -1.96. The van der Waals surface area contributed by atoms with Gasteiger partial charge < -0.3 is 10.5 Å². The average Bonchev–Trinajstić information content (AvgIpc) is 2.20. The lowest BCUT2D eigenvalue weighted by Gasteiger charge is -2.12. The van der Waals surface area contributed by atoms with Crippen molar-refractivity contribution < 1.29 is 17.9 Å². The fourth-order valence-electron chi connectivity index (χ4n) is 1.27. The maximum atomic E-state index is 11.6. The first-order valence-corrected chi connectivity index (χ1v) is 7.05. The van der Waals surface area contributed by atoms with Crippen molar-refractivity contribution in [2.45, 2.75) is 26.9 Å². The van der Waals surface area contributed by atoms with Gasteiger partial charge in [-0.3, -0.25) is 4.72 Å². The number of hydrogen-bond acceptors (Lipinski definition) is 5. The number of nitrogen functional groups attached to an aromatic ring is 1. The summed E-state index contributed by atoms with van der Waals surface area (Å²) in [6.45, 7) is 4.97. The van der Waals surface area contributed by atoms with E-state index in [2.05, 4.69) is 9.46 Å². The summed E-state index contributed by atoms with van der Waals surface area (Å²) in [6.07, 6.45) is -1.44. The molecule has 0 radical (unpaired) electrons. The zero-order valence-corrected chi connectivity index (χ0v) is 11.7. The van der Waals surface area contributed by atoms with E-state index in [0.717, 1.165) is 5.56 Å². The summed E-state index contributed by atoms with van der Waals surface area (Å²) < 4.78 is 31.9. The molecule has 4 N–H and O–H groups in total. The molecule has 0 aromatic heterocycles. The van der Waals surface area contributed by atoms with Gasteiger partial charge >= 0.3 is 16.3 Å². The van der Waals surface area contributed by atoms with Gasteiger partial charge in [-0.05, 0) is 44.5 Å². The molecule has 0 unspecified atom stereocenters. The van der Waals surface area contributed by atoms with Gasteiger partial charge in [0, 0.05) is 5.69 Å². The highest BCUT2D eigenvalue weighted by molar-refractivity contribution is 7.91. The predicted molar refractivity (Wildman–Crippen MR) is 72.9 cm³/mol. The number of amides is 1. The second-order valence-corrected chi connectivity index (χ2v) is 5.65. The molecule has 7 nitrogen and oxygen atoms in total. The Kier molecular flexibility index (Phi) is 4.60. The van der Waals surface area contributed by atoms with Crippen LogP contribution in [0, 0.1) is 6.92 Å². The van der Waals surface area contributed by atoms with Gasteiger partial charge in [0.1, 0.15) is 0 Å². The molecule has 0 heterocycles. The summed E-state index contributed by atoms with van der Waals surface area (Å²) in [5.41, 5.74) is 7.20. The highest BCUT2D eigenvalue weighted by Crippen LogP contribution is 2.17. The summed E-state index contributed by atoms with van der Waals surface area (Å²) in [6, 6.07) is 4.62. The highest BCUT2D eigenvalue weighted by Gasteiger charge is 2.16. The average molecular weight is 287 g/mol. The van der Waals surface area contributed by atoms with Crippen LogP contribution in [-0.2, 0) is 14.9 Å². The number of nitrogens with one attached hydrogen (secondary N) is 2. The maximum Gasteiger partial charge on any atom is 0.422 e. The molecule has 0 saturated heterocycles. The normalized spacial score (nSPS) is 11.2. The molecule has 0 aliphatic rings. The Morgan fingerprint density at radius 3 is 2.53 bits per heavy atom. The lowest BCUT2D eigenvalue weighted by Crippen LogP contribution is -2.36. The highest BCUT2D eigenvalue weighted by atomic mass is 32.2. The van der Waals surface area contributed by atoms with Gasteiger partial charge in [0.25, 0.3) is 0 Å². The molecule has 0 spiro atoms. The van der Waals surface area contributed by atoms with Gasteiger partial charge in [-0.25, -0.2) is 9.52 Å². The van der Waals surface area contributed by atoms with Crippen LogP contribution in [0.4, 0.5) is 16.2 Å². The van der Waals surface area contributed by atoms with Crippen LogP contribution in [-0.4, -0.2) is 20.6 Å². The molecule has 0 saturated carbocycles. The minimum Gasteiger partial charge on any atom is -0.446 e. The summed E-state index contributed by atoms with van der Waals surface area (Å²) in [5.74, 6) is 0. The molecule has 1 aromatic rings. The first-order valence-electron chi connectivity index (χ1n) is 5.57. The Balaban J connectivity index is 2.74. The molecule has 0 atom stereocenters. The SMILES string of the molecule is Cc1cc(NS(=O)(=O)NC(=O)OC(C)C)ccc1N. The van der Waals surface area contributed by atoms with Crippen LogP contribution >= 0.6 is 0 Å². The molecule has 19 heavy (non-hydrogen) atoms. The zero-order valence-electron chi connectivity index (χ0n) is 10.9. The van der Waals surface area contributed by atoms with E-state index in [9.17, 15) is 13.2 Å². The van der Waals surface area contributed by atoms with Gasteiger partial charge in [-0.15, -0.1) is 0 Å². The van der Waals surface area contributed by atoms with Crippen LogP contribution in [0.25, 0.3) is 0 Å². The zero-order chi connectivity index (χ0) is 14.6. The van der Waals surface area contributed by atoms with E-state index in [-0.39, 0.29) is 0 Å². The van der Waals surface area contributed by atoms with E-state index < -0.39 is 22.4 Å². The smallest absolute Gasteiger partial charge is 0.422 e. The first kappa shape index (κ1) is 15.1. The maximum absolute atomic E-state index is 11.6. The number of nitrogens with two attached hydrogens (primary N) is 1. The van der Waals surface area contributed by atoms with Crippen molar-refractivity contribution in [3.05, 3.63) is 23.8 Å². The number of carbonyl (C=O) groups excluding carboxylic acids is 1. The van der Waals surface area contributed by atoms with Crippen molar-refractivity contribution in [1.82, 2.24) is 4.72 Å². The summed E-state index contributed by atoms with van der Waals surface area (Å²) in [7, 11) is -4.02. The van der Waals surface area contributed by atoms with Crippen molar-refractivity contribution in [3.8, 4) is 0 Å². The van der Waals surface area contributed by atoms with Crippen LogP contribution in [0.2, 0.25) is 0 Å². The number of ether oxygens (including phenoxy) is 1. The Labute approximate surface area is 112 Å². The van der Waals surface area contributed by atoms with Gasteiger partial charge in [-0.1, -0.05) is 0 Å². The molecule has 0 aliphatic carbocycles. The first-order chi connectivity index (χ1) is 8.69. The van der Waals surface area contributed by atoms with Crippen LogP contribution < -0.4 is 15.2 Å². The Morgan fingerprint density at radius 2 is 2.00 bits per heavy atom. The van der Waals surface area contributed by atoms with E-state index in [4.69, 9.17) is 5.73 Å². The molecule has 1 aromatic carbocycles. The topological polar surface area (TPSA) is 111 Å². The molecule has 106 valence electrons.